The lowest BCUT2D eigenvalue weighted by Crippen LogP contribution is -2.33. The second-order valence-electron chi connectivity index (χ2n) is 6.86. The predicted molar refractivity (Wildman–Crippen MR) is 104 cm³/mol. The van der Waals surface area contributed by atoms with Crippen molar-refractivity contribution < 1.29 is 14.3 Å². The number of benzene rings is 1. The van der Waals surface area contributed by atoms with E-state index in [9.17, 15) is 9.59 Å². The average molecular weight is 367 g/mol. The van der Waals surface area contributed by atoms with Crippen LogP contribution in [-0.4, -0.2) is 30.8 Å². The van der Waals surface area contributed by atoms with Crippen LogP contribution < -0.4 is 10.2 Å². The molecule has 0 radical (unpaired) electrons. The quantitative estimate of drug-likeness (QED) is 0.615. The van der Waals surface area contributed by atoms with Crippen LogP contribution in [0.4, 0.5) is 0 Å². The first-order valence-electron chi connectivity index (χ1n) is 9.31. The lowest BCUT2D eigenvalue weighted by atomic mass is 9.84. The first-order valence-corrected chi connectivity index (χ1v) is 9.31. The van der Waals surface area contributed by atoms with Crippen LogP contribution in [0.15, 0.2) is 46.5 Å². The maximum atomic E-state index is 11.8. The van der Waals surface area contributed by atoms with Gasteiger partial charge in [-0.25, -0.2) is 10.4 Å². The van der Waals surface area contributed by atoms with E-state index in [-0.39, 0.29) is 5.92 Å². The van der Waals surface area contributed by atoms with Gasteiger partial charge in [-0.05, 0) is 37.3 Å². The highest BCUT2D eigenvalue weighted by Gasteiger charge is 2.25. The number of carbonyl (C=O) groups is 2. The Morgan fingerprint density at radius 2 is 2.04 bits per heavy atom. The zero-order chi connectivity index (χ0) is 19.2. The topological polar surface area (TPSA) is 71.0 Å². The van der Waals surface area contributed by atoms with Crippen molar-refractivity contribution in [2.45, 2.75) is 39.0 Å². The summed E-state index contributed by atoms with van der Waals surface area (Å²) in [6.07, 6.45) is 10.7. The van der Waals surface area contributed by atoms with Gasteiger partial charge in [0, 0.05) is 18.2 Å². The van der Waals surface area contributed by atoms with E-state index >= 15 is 0 Å². The summed E-state index contributed by atoms with van der Waals surface area (Å²) in [7, 11) is 1.77. The molecule has 6 heteroatoms. The molecule has 1 heterocycles. The Morgan fingerprint density at radius 1 is 1.26 bits per heavy atom. The average Bonchev–Trinajstić information content (AvgIpc) is 2.72. The summed E-state index contributed by atoms with van der Waals surface area (Å²) < 4.78 is 5.93. The molecule has 0 bridgehead atoms. The molecule has 1 aliphatic carbocycles. The highest BCUT2D eigenvalue weighted by Crippen LogP contribution is 2.32. The fraction of sp³-hybridized carbons (Fsp3) is 0.381. The van der Waals surface area contributed by atoms with Gasteiger partial charge in [0.15, 0.2) is 11.6 Å². The third-order valence-electron chi connectivity index (χ3n) is 5.05. The van der Waals surface area contributed by atoms with Gasteiger partial charge in [0.1, 0.15) is 18.3 Å². The van der Waals surface area contributed by atoms with Crippen molar-refractivity contribution in [3.63, 3.8) is 0 Å². The summed E-state index contributed by atoms with van der Waals surface area (Å²) in [4.78, 5) is 27.3. The molecule has 1 aromatic rings. The smallest absolute Gasteiger partial charge is 0.163 e. The fourth-order valence-electron chi connectivity index (χ4n) is 3.52. The molecule has 6 nitrogen and oxygen atoms in total. The number of aldehydes is 2. The van der Waals surface area contributed by atoms with Gasteiger partial charge in [0.25, 0.3) is 0 Å². The number of nitrogens with one attached hydrogen (secondary N) is 1. The molecule has 1 N–H and O–H groups in total. The van der Waals surface area contributed by atoms with Crippen LogP contribution in [0.5, 0.6) is 5.75 Å². The van der Waals surface area contributed by atoms with E-state index in [4.69, 9.17) is 4.74 Å². The van der Waals surface area contributed by atoms with Crippen LogP contribution >= 0.6 is 0 Å². The van der Waals surface area contributed by atoms with Gasteiger partial charge in [-0.3, -0.25) is 14.6 Å². The fourth-order valence-corrected chi connectivity index (χ4v) is 3.52. The van der Waals surface area contributed by atoms with E-state index in [1.807, 2.05) is 13.0 Å². The molecule has 1 aliphatic heterocycles. The van der Waals surface area contributed by atoms with E-state index in [2.05, 4.69) is 10.4 Å². The molecule has 2 aliphatic rings. The van der Waals surface area contributed by atoms with Crippen LogP contribution in [0, 0.1) is 12.8 Å². The molecular formula is C21H25N3O3. The number of hydrazine groups is 1. The molecule has 0 saturated heterocycles. The number of aryl methyl sites for hydroxylation is 1. The molecule has 0 aromatic heterocycles. The minimum atomic E-state index is 0.252. The van der Waals surface area contributed by atoms with Crippen molar-refractivity contribution in [1.29, 1.82) is 0 Å². The molecule has 0 amide bonds. The molecule has 27 heavy (non-hydrogen) atoms. The van der Waals surface area contributed by atoms with Crippen LogP contribution in [-0.2, 0) is 4.79 Å². The van der Waals surface area contributed by atoms with Crippen molar-refractivity contribution in [1.82, 2.24) is 10.4 Å². The zero-order valence-corrected chi connectivity index (χ0v) is 15.8. The Morgan fingerprint density at radius 3 is 2.70 bits per heavy atom. The molecular weight excluding hydrogens is 342 g/mol. The summed E-state index contributed by atoms with van der Waals surface area (Å²) in [5, 5.41) is 1.71. The minimum absolute atomic E-state index is 0.252. The number of hydrogen-bond donors (Lipinski definition) is 1. The Labute approximate surface area is 159 Å². The number of rotatable bonds is 6. The van der Waals surface area contributed by atoms with Gasteiger partial charge in [-0.1, -0.05) is 31.4 Å². The van der Waals surface area contributed by atoms with Crippen molar-refractivity contribution >= 4 is 18.8 Å². The SMILES string of the molecule is CNN1C=C(Oc2cc(C=O)ccc2C)C=N/C1=C(/C=O)C1CCCCC1. The van der Waals surface area contributed by atoms with E-state index in [1.54, 1.807) is 36.6 Å². The molecule has 142 valence electrons. The van der Waals surface area contributed by atoms with Gasteiger partial charge >= 0.3 is 0 Å². The van der Waals surface area contributed by atoms with Gasteiger partial charge in [0.2, 0.25) is 0 Å². The normalized spacial score (nSPS) is 19.5. The Kier molecular flexibility index (Phi) is 6.19. The molecule has 0 spiro atoms. The third-order valence-corrected chi connectivity index (χ3v) is 5.05. The molecule has 0 unspecified atom stereocenters. The largest absolute Gasteiger partial charge is 0.454 e. The maximum Gasteiger partial charge on any atom is 0.163 e. The maximum absolute atomic E-state index is 11.8. The van der Waals surface area contributed by atoms with Crippen molar-refractivity contribution in [3.05, 3.63) is 52.7 Å². The second-order valence-corrected chi connectivity index (χ2v) is 6.86. The van der Waals surface area contributed by atoms with E-state index in [1.165, 1.54) is 6.42 Å². The molecule has 3 rings (SSSR count). The summed E-state index contributed by atoms with van der Waals surface area (Å²) in [6, 6.07) is 5.29. The van der Waals surface area contributed by atoms with Crippen LogP contribution in [0.3, 0.4) is 0 Å². The Bertz CT molecular complexity index is 805. The molecule has 0 atom stereocenters. The van der Waals surface area contributed by atoms with Gasteiger partial charge < -0.3 is 4.74 Å². The van der Waals surface area contributed by atoms with E-state index in [0.29, 0.717) is 22.9 Å². The summed E-state index contributed by atoms with van der Waals surface area (Å²) >= 11 is 0. The Hall–Kier alpha value is -2.73. The first kappa shape index (κ1) is 19.0. The lowest BCUT2D eigenvalue weighted by Gasteiger charge is -2.29. The Balaban J connectivity index is 1.86. The lowest BCUT2D eigenvalue weighted by molar-refractivity contribution is -0.105. The van der Waals surface area contributed by atoms with Gasteiger partial charge in [0.05, 0.1) is 12.4 Å². The summed E-state index contributed by atoms with van der Waals surface area (Å²) in [5.74, 6) is 1.99. The third kappa shape index (κ3) is 4.34. The summed E-state index contributed by atoms with van der Waals surface area (Å²) in [6.45, 7) is 1.92. The van der Waals surface area contributed by atoms with Crippen molar-refractivity contribution in [3.8, 4) is 5.75 Å². The monoisotopic (exact) mass is 367 g/mol. The van der Waals surface area contributed by atoms with Gasteiger partial charge in [-0.2, -0.15) is 0 Å². The van der Waals surface area contributed by atoms with Crippen molar-refractivity contribution in [2.24, 2.45) is 10.9 Å². The second kappa shape index (κ2) is 8.77. The van der Waals surface area contributed by atoms with Crippen LogP contribution in [0.25, 0.3) is 0 Å². The van der Waals surface area contributed by atoms with Crippen LogP contribution in [0.1, 0.15) is 48.0 Å². The minimum Gasteiger partial charge on any atom is -0.454 e. The van der Waals surface area contributed by atoms with Crippen LogP contribution in [0.2, 0.25) is 0 Å². The molecule has 1 fully saturated rings. The predicted octanol–water partition coefficient (Wildman–Crippen LogP) is 3.54. The van der Waals surface area contributed by atoms with E-state index in [0.717, 1.165) is 49.4 Å². The summed E-state index contributed by atoms with van der Waals surface area (Å²) in [5.41, 5.74) is 5.25. The number of ether oxygens (including phenoxy) is 1. The first-order chi connectivity index (χ1) is 13.2. The number of aliphatic imine (C=N–C) groups is 1. The zero-order valence-electron chi connectivity index (χ0n) is 15.8. The van der Waals surface area contributed by atoms with Gasteiger partial charge in [-0.15, -0.1) is 0 Å². The van der Waals surface area contributed by atoms with E-state index < -0.39 is 0 Å². The number of hydrogen-bond acceptors (Lipinski definition) is 6. The number of allylic oxidation sites excluding steroid dienone is 2. The molecule has 1 saturated carbocycles. The standard InChI is InChI=1S/C21H25N3O3/c1-15-8-9-16(13-25)10-20(15)27-18-11-23-21(24(12-18)22-2)19(14-26)17-6-4-3-5-7-17/h8-14,17,22H,3-7H2,1-2H3/b21-19+. The highest BCUT2D eigenvalue weighted by atomic mass is 16.5. The highest BCUT2D eigenvalue weighted by molar-refractivity contribution is 5.82. The number of carbonyl (C=O) groups excluding carboxylic acids is 2. The number of nitrogens with zero attached hydrogens (tertiary/aromatic N) is 2. The molecule has 1 aromatic carbocycles. The van der Waals surface area contributed by atoms with Crippen molar-refractivity contribution in [2.75, 3.05) is 7.05 Å².